The molecular weight excluding hydrogens is 459 g/mol. The van der Waals surface area contributed by atoms with Crippen molar-refractivity contribution in [3.63, 3.8) is 0 Å². The molecule has 0 bridgehead atoms. The molecule has 4 amide bonds. The normalized spacial score (nSPS) is 19.9. The van der Waals surface area contributed by atoms with Crippen LogP contribution in [0.25, 0.3) is 6.08 Å². The zero-order chi connectivity index (χ0) is 26.2. The SMILES string of the molecule is CCCN1c2cc(C)c(/C=C3/NC(=O)N(CC(=O)Nc4ccc(F)cc4)C3=O)cc2C(C)CC1(C)C. The third kappa shape index (κ3) is 4.98. The van der Waals surface area contributed by atoms with Crippen molar-refractivity contribution in [3.05, 3.63) is 64.6 Å². The minimum absolute atomic E-state index is 0.0548. The van der Waals surface area contributed by atoms with Gasteiger partial charge in [-0.3, -0.25) is 9.59 Å². The Bertz CT molecular complexity index is 1240. The monoisotopic (exact) mass is 492 g/mol. The van der Waals surface area contributed by atoms with Crippen LogP contribution in [0.5, 0.6) is 0 Å². The average molecular weight is 493 g/mol. The molecule has 1 atom stereocenters. The van der Waals surface area contributed by atoms with Gasteiger partial charge in [0, 0.05) is 23.5 Å². The molecule has 4 rings (SSSR count). The van der Waals surface area contributed by atoms with Crippen molar-refractivity contribution < 1.29 is 18.8 Å². The van der Waals surface area contributed by atoms with Gasteiger partial charge in [0.2, 0.25) is 5.91 Å². The maximum absolute atomic E-state index is 13.1. The highest BCUT2D eigenvalue weighted by Crippen LogP contribution is 2.44. The standard InChI is InChI=1S/C28H33FN4O3/c1-6-11-33-24-12-17(2)19(13-22(24)18(3)15-28(33,4)5)14-23-26(35)32(27(36)31-23)16-25(34)30-21-9-7-20(29)8-10-21/h7-10,12-14,18H,6,11,15-16H2,1-5H3,(H,30,34)(H,31,36)/b23-14+. The zero-order valence-electron chi connectivity index (χ0n) is 21.4. The van der Waals surface area contributed by atoms with E-state index in [9.17, 15) is 18.8 Å². The van der Waals surface area contributed by atoms with Crippen LogP contribution in [0, 0.1) is 12.7 Å². The Labute approximate surface area is 211 Å². The number of anilines is 2. The molecule has 7 nitrogen and oxygen atoms in total. The molecule has 1 fully saturated rings. The number of urea groups is 1. The summed E-state index contributed by atoms with van der Waals surface area (Å²) in [5.41, 5.74) is 4.88. The Kier molecular flexibility index (Phi) is 6.89. The fraction of sp³-hybridized carbons (Fsp3) is 0.393. The van der Waals surface area contributed by atoms with Crippen LogP contribution in [-0.4, -0.2) is 41.4 Å². The molecule has 1 saturated heterocycles. The van der Waals surface area contributed by atoms with E-state index < -0.39 is 30.2 Å². The molecule has 2 N–H and O–H groups in total. The van der Waals surface area contributed by atoms with Crippen molar-refractivity contribution in [1.82, 2.24) is 10.2 Å². The first-order valence-corrected chi connectivity index (χ1v) is 12.3. The third-order valence-corrected chi connectivity index (χ3v) is 6.91. The predicted octanol–water partition coefficient (Wildman–Crippen LogP) is 5.17. The summed E-state index contributed by atoms with van der Waals surface area (Å²) in [6.45, 7) is 11.5. The van der Waals surface area contributed by atoms with Crippen molar-refractivity contribution in [2.24, 2.45) is 0 Å². The molecule has 0 saturated carbocycles. The Morgan fingerprint density at radius 3 is 2.58 bits per heavy atom. The van der Waals surface area contributed by atoms with Gasteiger partial charge in [0.1, 0.15) is 18.1 Å². The predicted molar refractivity (Wildman–Crippen MR) is 139 cm³/mol. The van der Waals surface area contributed by atoms with Crippen molar-refractivity contribution in [2.45, 2.75) is 58.9 Å². The van der Waals surface area contributed by atoms with Crippen molar-refractivity contribution in [1.29, 1.82) is 0 Å². The summed E-state index contributed by atoms with van der Waals surface area (Å²) in [6, 6.07) is 8.89. The first-order chi connectivity index (χ1) is 17.0. The number of benzene rings is 2. The van der Waals surface area contributed by atoms with E-state index in [1.54, 1.807) is 6.08 Å². The lowest BCUT2D eigenvalue weighted by molar-refractivity contribution is -0.127. The molecule has 0 radical (unpaired) electrons. The van der Waals surface area contributed by atoms with Crippen molar-refractivity contribution in [2.75, 3.05) is 23.3 Å². The van der Waals surface area contributed by atoms with E-state index in [4.69, 9.17) is 0 Å². The lowest BCUT2D eigenvalue weighted by atomic mass is 9.79. The quantitative estimate of drug-likeness (QED) is 0.431. The minimum atomic E-state index is -0.652. The molecule has 8 heteroatoms. The summed E-state index contributed by atoms with van der Waals surface area (Å²) < 4.78 is 13.1. The van der Waals surface area contributed by atoms with Crippen LogP contribution in [0.1, 0.15) is 63.1 Å². The lowest BCUT2D eigenvalue weighted by Gasteiger charge is -2.48. The summed E-state index contributed by atoms with van der Waals surface area (Å²) in [5, 5.41) is 5.17. The van der Waals surface area contributed by atoms with Crippen LogP contribution < -0.4 is 15.5 Å². The number of hydrogen-bond donors (Lipinski definition) is 2. The number of amides is 4. The number of carbonyl (C=O) groups is 3. The highest BCUT2D eigenvalue weighted by atomic mass is 19.1. The molecule has 1 unspecified atom stereocenters. The topological polar surface area (TPSA) is 81.8 Å². The van der Waals surface area contributed by atoms with Crippen LogP contribution in [0.4, 0.5) is 20.6 Å². The third-order valence-electron chi connectivity index (χ3n) is 6.91. The maximum Gasteiger partial charge on any atom is 0.329 e. The molecule has 36 heavy (non-hydrogen) atoms. The van der Waals surface area contributed by atoms with Gasteiger partial charge >= 0.3 is 6.03 Å². The summed E-state index contributed by atoms with van der Waals surface area (Å²) in [5.74, 6) is -1.19. The van der Waals surface area contributed by atoms with Crippen LogP contribution in [0.3, 0.4) is 0 Å². The van der Waals surface area contributed by atoms with Gasteiger partial charge < -0.3 is 15.5 Å². The van der Waals surface area contributed by atoms with Gasteiger partial charge in [0.05, 0.1) is 0 Å². The number of nitrogens with zero attached hydrogens (tertiary/aromatic N) is 2. The Balaban J connectivity index is 1.55. The number of fused-ring (bicyclic) bond motifs is 1. The fourth-order valence-electron chi connectivity index (χ4n) is 5.20. The van der Waals surface area contributed by atoms with E-state index in [1.165, 1.54) is 35.5 Å². The molecular formula is C28H33FN4O3. The van der Waals surface area contributed by atoms with Crippen LogP contribution in [-0.2, 0) is 9.59 Å². The van der Waals surface area contributed by atoms with E-state index >= 15 is 0 Å². The lowest BCUT2D eigenvalue weighted by Crippen LogP contribution is -2.48. The smallest absolute Gasteiger partial charge is 0.329 e. The van der Waals surface area contributed by atoms with Crippen molar-refractivity contribution >= 4 is 35.3 Å². The molecule has 2 aliphatic rings. The van der Waals surface area contributed by atoms with Gasteiger partial charge in [-0.15, -0.1) is 0 Å². The second-order valence-electron chi connectivity index (χ2n) is 10.3. The van der Waals surface area contributed by atoms with E-state index in [0.29, 0.717) is 11.6 Å². The van der Waals surface area contributed by atoms with Crippen molar-refractivity contribution in [3.8, 4) is 0 Å². The largest absolute Gasteiger partial charge is 0.366 e. The van der Waals surface area contributed by atoms with Gasteiger partial charge in [0.15, 0.2) is 0 Å². The molecule has 0 aromatic heterocycles. The highest BCUT2D eigenvalue weighted by molar-refractivity contribution is 6.16. The summed E-state index contributed by atoms with van der Waals surface area (Å²) >= 11 is 0. The molecule has 2 aromatic carbocycles. The number of nitrogens with one attached hydrogen (secondary N) is 2. The molecule has 2 heterocycles. The number of halogens is 1. The number of imide groups is 1. The van der Waals surface area contributed by atoms with Gasteiger partial charge in [0.25, 0.3) is 5.91 Å². The Morgan fingerprint density at radius 1 is 1.22 bits per heavy atom. The second kappa shape index (κ2) is 9.76. The van der Waals surface area contributed by atoms with Gasteiger partial charge in [-0.25, -0.2) is 14.1 Å². The number of carbonyl (C=O) groups excluding carboxylic acids is 3. The maximum atomic E-state index is 13.1. The highest BCUT2D eigenvalue weighted by Gasteiger charge is 2.37. The van der Waals surface area contributed by atoms with E-state index in [2.05, 4.69) is 55.4 Å². The average Bonchev–Trinajstić information content (AvgIpc) is 3.06. The minimum Gasteiger partial charge on any atom is -0.366 e. The van der Waals surface area contributed by atoms with Gasteiger partial charge in [-0.2, -0.15) is 0 Å². The Hall–Kier alpha value is -3.68. The van der Waals surface area contributed by atoms with Crippen LogP contribution in [0.15, 0.2) is 42.1 Å². The number of rotatable bonds is 6. The number of hydrogen-bond acceptors (Lipinski definition) is 4. The summed E-state index contributed by atoms with van der Waals surface area (Å²) in [4.78, 5) is 41.2. The molecule has 190 valence electrons. The summed E-state index contributed by atoms with van der Waals surface area (Å²) in [6.07, 6.45) is 3.75. The molecule has 0 spiro atoms. The Morgan fingerprint density at radius 2 is 1.92 bits per heavy atom. The van der Waals surface area contributed by atoms with E-state index in [0.717, 1.165) is 35.4 Å². The fourth-order valence-corrected chi connectivity index (χ4v) is 5.20. The molecule has 2 aromatic rings. The van der Waals surface area contributed by atoms with Crippen LogP contribution >= 0.6 is 0 Å². The second-order valence-corrected chi connectivity index (χ2v) is 10.3. The first-order valence-electron chi connectivity index (χ1n) is 12.3. The van der Waals surface area contributed by atoms with Gasteiger partial charge in [-0.1, -0.05) is 13.8 Å². The first kappa shape index (κ1) is 25.4. The number of aryl methyl sites for hydroxylation is 1. The van der Waals surface area contributed by atoms with E-state index in [1.807, 2.05) is 6.92 Å². The summed E-state index contributed by atoms with van der Waals surface area (Å²) in [7, 11) is 0. The molecule has 0 aliphatic carbocycles. The molecule has 2 aliphatic heterocycles. The zero-order valence-corrected chi connectivity index (χ0v) is 21.4. The van der Waals surface area contributed by atoms with Gasteiger partial charge in [-0.05, 0) is 98.7 Å². The van der Waals surface area contributed by atoms with Crippen LogP contribution in [0.2, 0.25) is 0 Å². The van der Waals surface area contributed by atoms with E-state index in [-0.39, 0.29) is 11.2 Å².